The van der Waals surface area contributed by atoms with E-state index in [9.17, 15) is 16.8 Å². The molecule has 11 heteroatoms. The van der Waals surface area contributed by atoms with Crippen molar-refractivity contribution in [1.29, 1.82) is 0 Å². The lowest BCUT2D eigenvalue weighted by molar-refractivity contribution is -0.197. The third-order valence-electron chi connectivity index (χ3n) is 5.50. The first kappa shape index (κ1) is 25.5. The summed E-state index contributed by atoms with van der Waals surface area (Å²) >= 11 is 0. The van der Waals surface area contributed by atoms with Crippen LogP contribution in [-0.2, 0) is 49.4 Å². The summed E-state index contributed by atoms with van der Waals surface area (Å²) in [5, 5.41) is 0. The molecule has 2 fully saturated rings. The molecule has 1 saturated heterocycles. The molecule has 0 radical (unpaired) electrons. The van der Waals surface area contributed by atoms with Gasteiger partial charge in [0.1, 0.15) is 6.10 Å². The molecule has 3 atom stereocenters. The second-order valence-corrected chi connectivity index (χ2v) is 11.7. The van der Waals surface area contributed by atoms with Gasteiger partial charge in [0.05, 0.1) is 44.5 Å². The van der Waals surface area contributed by atoms with Crippen LogP contribution >= 0.6 is 0 Å². The fourth-order valence-corrected chi connectivity index (χ4v) is 4.80. The van der Waals surface area contributed by atoms with Crippen molar-refractivity contribution in [1.82, 2.24) is 0 Å². The molecule has 32 heavy (non-hydrogen) atoms. The minimum Gasteiger partial charge on any atom is -0.371 e. The van der Waals surface area contributed by atoms with E-state index in [1.165, 1.54) is 0 Å². The monoisotopic (exact) mass is 492 g/mol. The highest BCUT2D eigenvalue weighted by molar-refractivity contribution is 7.86. The first-order valence-electron chi connectivity index (χ1n) is 10.7. The van der Waals surface area contributed by atoms with Gasteiger partial charge in [0.25, 0.3) is 20.2 Å². The Bertz CT molecular complexity index is 925. The smallest absolute Gasteiger partial charge is 0.264 e. The average Bonchev–Trinajstić information content (AvgIpc) is 3.05. The fourth-order valence-electron chi connectivity index (χ4n) is 4.02. The first-order chi connectivity index (χ1) is 15.0. The van der Waals surface area contributed by atoms with E-state index in [1.54, 1.807) is 0 Å². The molecule has 0 N–H and O–H groups in total. The van der Waals surface area contributed by atoms with Gasteiger partial charge in [0.15, 0.2) is 5.79 Å². The molecule has 1 aliphatic carbocycles. The normalized spacial score (nSPS) is 24.6. The van der Waals surface area contributed by atoms with Crippen LogP contribution in [0.2, 0.25) is 0 Å². The number of hydrogen-bond donors (Lipinski definition) is 0. The van der Waals surface area contributed by atoms with E-state index >= 15 is 0 Å². The molecule has 0 amide bonds. The Morgan fingerprint density at radius 1 is 0.938 bits per heavy atom. The van der Waals surface area contributed by atoms with E-state index in [0.29, 0.717) is 12.8 Å². The Hall–Kier alpha value is -1.08. The largest absolute Gasteiger partial charge is 0.371 e. The van der Waals surface area contributed by atoms with Gasteiger partial charge in [-0.15, -0.1) is 0 Å². The van der Waals surface area contributed by atoms with Gasteiger partial charge in [-0.05, 0) is 18.4 Å². The Balaban J connectivity index is 1.71. The predicted octanol–water partition coefficient (Wildman–Crippen LogP) is 2.36. The predicted molar refractivity (Wildman–Crippen MR) is 117 cm³/mol. The maximum Gasteiger partial charge on any atom is 0.264 e. The van der Waals surface area contributed by atoms with Gasteiger partial charge in [-0.2, -0.15) is 16.8 Å². The van der Waals surface area contributed by atoms with Crippen LogP contribution < -0.4 is 0 Å². The quantitative estimate of drug-likeness (QED) is 0.429. The number of ether oxygens (including phenoxy) is 3. The van der Waals surface area contributed by atoms with Gasteiger partial charge in [-0.3, -0.25) is 8.37 Å². The van der Waals surface area contributed by atoms with Crippen molar-refractivity contribution in [3.8, 4) is 0 Å². The molecule has 1 saturated carbocycles. The van der Waals surface area contributed by atoms with Crippen LogP contribution in [0.15, 0.2) is 30.3 Å². The van der Waals surface area contributed by atoms with Crippen LogP contribution in [0, 0.1) is 0 Å². The molecule has 182 valence electrons. The summed E-state index contributed by atoms with van der Waals surface area (Å²) in [6.45, 7) is -0.0936. The maximum absolute atomic E-state index is 11.5. The molecule has 1 heterocycles. The molecule has 2 aliphatic rings. The summed E-state index contributed by atoms with van der Waals surface area (Å²) in [6, 6.07) is 9.49. The third kappa shape index (κ3) is 8.36. The average molecular weight is 493 g/mol. The van der Waals surface area contributed by atoms with E-state index in [1.807, 2.05) is 30.3 Å². The summed E-state index contributed by atoms with van der Waals surface area (Å²) in [4.78, 5) is 0. The van der Waals surface area contributed by atoms with Crippen molar-refractivity contribution in [2.24, 2.45) is 0 Å². The molecule has 1 spiro atoms. The third-order valence-corrected chi connectivity index (χ3v) is 6.63. The lowest BCUT2D eigenvalue weighted by Crippen LogP contribution is -2.35. The van der Waals surface area contributed by atoms with E-state index in [-0.39, 0.29) is 26.2 Å². The van der Waals surface area contributed by atoms with E-state index in [2.05, 4.69) is 0 Å². The number of benzene rings is 1. The lowest BCUT2D eigenvalue weighted by Gasteiger charge is -2.32. The zero-order valence-corrected chi connectivity index (χ0v) is 20.1. The second-order valence-electron chi connectivity index (χ2n) is 8.42. The summed E-state index contributed by atoms with van der Waals surface area (Å²) in [5.74, 6) is -0.768. The minimum atomic E-state index is -3.66. The van der Waals surface area contributed by atoms with E-state index < -0.39 is 44.3 Å². The van der Waals surface area contributed by atoms with Crippen LogP contribution in [0.4, 0.5) is 0 Å². The highest BCUT2D eigenvalue weighted by Crippen LogP contribution is 2.42. The summed E-state index contributed by atoms with van der Waals surface area (Å²) in [6.07, 6.45) is 4.91. The Labute approximate surface area is 190 Å². The molecular formula is C21H32O9S2. The van der Waals surface area contributed by atoms with Gasteiger partial charge >= 0.3 is 0 Å². The maximum atomic E-state index is 11.5. The van der Waals surface area contributed by atoms with Crippen molar-refractivity contribution in [3.05, 3.63) is 35.9 Å². The molecule has 0 unspecified atom stereocenters. The second kappa shape index (κ2) is 10.9. The van der Waals surface area contributed by atoms with Gasteiger partial charge in [-0.25, -0.2) is 0 Å². The van der Waals surface area contributed by atoms with Crippen molar-refractivity contribution >= 4 is 20.2 Å². The van der Waals surface area contributed by atoms with E-state index in [4.69, 9.17) is 22.6 Å². The van der Waals surface area contributed by atoms with Crippen LogP contribution in [0.3, 0.4) is 0 Å². The standard InChI is InChI=1S/C21H32O9S2/c1-31(22,23)27-15-18(26-14-17-9-5-3-6-10-17)13-19-20(16-28-32(2,24)25)30-21(29-19)11-7-4-8-12-21/h3,5-6,9-10,18-20H,4,7-8,11-16H2,1-2H3/t18-,19+,20-/m0/s1. The highest BCUT2D eigenvalue weighted by atomic mass is 32.2. The molecule has 0 aromatic heterocycles. The number of hydrogen-bond acceptors (Lipinski definition) is 9. The van der Waals surface area contributed by atoms with Gasteiger partial charge in [-0.1, -0.05) is 36.8 Å². The van der Waals surface area contributed by atoms with Crippen molar-refractivity contribution < 1.29 is 39.4 Å². The Kier molecular flexibility index (Phi) is 8.70. The van der Waals surface area contributed by atoms with Crippen molar-refractivity contribution in [2.75, 3.05) is 25.7 Å². The molecule has 0 bridgehead atoms. The lowest BCUT2D eigenvalue weighted by atomic mass is 9.94. The fraction of sp³-hybridized carbons (Fsp3) is 0.714. The highest BCUT2D eigenvalue weighted by Gasteiger charge is 2.48. The Morgan fingerprint density at radius 3 is 2.19 bits per heavy atom. The van der Waals surface area contributed by atoms with Gasteiger partial charge < -0.3 is 14.2 Å². The molecule has 1 aliphatic heterocycles. The van der Waals surface area contributed by atoms with Crippen molar-refractivity contribution in [2.45, 2.75) is 69.2 Å². The molecular weight excluding hydrogens is 460 g/mol. The van der Waals surface area contributed by atoms with Gasteiger partial charge in [0.2, 0.25) is 0 Å². The van der Waals surface area contributed by atoms with Crippen LogP contribution in [0.5, 0.6) is 0 Å². The number of rotatable bonds is 11. The minimum absolute atomic E-state index is 0.177. The Morgan fingerprint density at radius 2 is 1.56 bits per heavy atom. The van der Waals surface area contributed by atoms with Crippen LogP contribution in [-0.4, -0.2) is 66.7 Å². The van der Waals surface area contributed by atoms with Gasteiger partial charge in [0, 0.05) is 19.3 Å². The van der Waals surface area contributed by atoms with E-state index in [0.717, 1.165) is 37.3 Å². The van der Waals surface area contributed by atoms with Crippen molar-refractivity contribution in [3.63, 3.8) is 0 Å². The zero-order valence-electron chi connectivity index (χ0n) is 18.5. The van der Waals surface area contributed by atoms with Crippen LogP contribution in [0.1, 0.15) is 44.1 Å². The molecule has 3 rings (SSSR count). The first-order valence-corrected chi connectivity index (χ1v) is 14.4. The topological polar surface area (TPSA) is 114 Å². The van der Waals surface area contributed by atoms with Crippen LogP contribution in [0.25, 0.3) is 0 Å². The summed E-state index contributed by atoms with van der Waals surface area (Å²) < 4.78 is 74.6. The molecule has 1 aromatic carbocycles. The summed E-state index contributed by atoms with van der Waals surface area (Å²) in [5.41, 5.74) is 0.932. The molecule has 1 aromatic rings. The summed E-state index contributed by atoms with van der Waals surface area (Å²) in [7, 11) is -7.31. The zero-order chi connectivity index (χ0) is 23.2. The SMILES string of the molecule is CS(=O)(=O)OC[C@H](C[C@H]1OC2(CCCCC2)O[C@H]1COS(C)(=O)=O)OCc1ccccc1. The molecule has 9 nitrogen and oxygen atoms in total.